The van der Waals surface area contributed by atoms with Crippen molar-refractivity contribution in [3.63, 3.8) is 0 Å². The van der Waals surface area contributed by atoms with Crippen LogP contribution < -0.4 is 4.72 Å². The Balaban J connectivity index is 2.16. The van der Waals surface area contributed by atoms with Gasteiger partial charge in [0.2, 0.25) is 10.0 Å². The lowest BCUT2D eigenvalue weighted by molar-refractivity contribution is 0.272. The van der Waals surface area contributed by atoms with Gasteiger partial charge in [-0.1, -0.05) is 0 Å². The fourth-order valence-corrected chi connectivity index (χ4v) is 2.76. The van der Waals surface area contributed by atoms with Gasteiger partial charge >= 0.3 is 0 Å². The minimum absolute atomic E-state index is 0.120. The van der Waals surface area contributed by atoms with Crippen molar-refractivity contribution >= 4 is 10.0 Å². The maximum Gasteiger partial charge on any atom is 0.242 e. The Labute approximate surface area is 111 Å². The number of hydrogen-bond acceptors (Lipinski definition) is 4. The van der Waals surface area contributed by atoms with Crippen molar-refractivity contribution in [2.45, 2.75) is 18.0 Å². The summed E-state index contributed by atoms with van der Waals surface area (Å²) in [5, 5.41) is 9.06. The van der Waals surface area contributed by atoms with Crippen molar-refractivity contribution in [3.8, 4) is 0 Å². The van der Waals surface area contributed by atoms with Crippen LogP contribution in [-0.4, -0.2) is 27.6 Å². The third-order valence-electron chi connectivity index (χ3n) is 2.90. The first-order valence-electron chi connectivity index (χ1n) is 5.66. The van der Waals surface area contributed by atoms with Gasteiger partial charge in [-0.2, -0.15) is 0 Å². The zero-order chi connectivity index (χ0) is 14.0. The fourth-order valence-electron chi connectivity index (χ4n) is 1.69. The number of aromatic nitrogens is 3. The van der Waals surface area contributed by atoms with Crippen LogP contribution in [0.5, 0.6) is 0 Å². The zero-order valence-electron chi connectivity index (χ0n) is 10.7. The van der Waals surface area contributed by atoms with Gasteiger partial charge in [-0.3, -0.25) is 0 Å². The summed E-state index contributed by atoms with van der Waals surface area (Å²) in [4.78, 5) is 4.17. The normalized spacial score (nSPS) is 11.9. The molecular formula is C11H16N4O3S. The highest BCUT2D eigenvalue weighted by Crippen LogP contribution is 2.13. The van der Waals surface area contributed by atoms with E-state index < -0.39 is 10.0 Å². The van der Waals surface area contributed by atoms with Gasteiger partial charge in [0, 0.05) is 38.4 Å². The first kappa shape index (κ1) is 13.8. The molecule has 2 aromatic heterocycles. The molecule has 0 fully saturated rings. The van der Waals surface area contributed by atoms with Crippen LogP contribution in [0, 0.1) is 0 Å². The van der Waals surface area contributed by atoms with E-state index in [-0.39, 0.29) is 18.0 Å². The van der Waals surface area contributed by atoms with Gasteiger partial charge in [0.1, 0.15) is 5.82 Å². The average Bonchev–Trinajstić information content (AvgIpc) is 2.93. The van der Waals surface area contributed by atoms with Crippen LogP contribution in [0.1, 0.15) is 11.5 Å². The molecule has 0 unspecified atom stereocenters. The van der Waals surface area contributed by atoms with Gasteiger partial charge in [0.15, 0.2) is 0 Å². The molecule has 0 aliphatic carbocycles. The lowest BCUT2D eigenvalue weighted by Crippen LogP contribution is -2.24. The molecule has 8 heteroatoms. The van der Waals surface area contributed by atoms with Crippen LogP contribution in [-0.2, 0) is 37.3 Å². The van der Waals surface area contributed by atoms with Crippen molar-refractivity contribution in [2.24, 2.45) is 14.1 Å². The Bertz CT molecular complexity index is 672. The van der Waals surface area contributed by atoms with Crippen molar-refractivity contribution in [2.75, 3.05) is 0 Å². The topological polar surface area (TPSA) is 89.2 Å². The van der Waals surface area contributed by atoms with Crippen LogP contribution in [0.4, 0.5) is 0 Å². The smallest absolute Gasteiger partial charge is 0.242 e. The molecule has 2 heterocycles. The lowest BCUT2D eigenvalue weighted by atomic mass is 10.5. The monoisotopic (exact) mass is 284 g/mol. The largest absolute Gasteiger partial charge is 0.390 e. The van der Waals surface area contributed by atoms with Gasteiger partial charge in [-0.05, 0) is 6.07 Å². The molecule has 0 spiro atoms. The van der Waals surface area contributed by atoms with Crippen molar-refractivity contribution in [3.05, 3.63) is 36.2 Å². The van der Waals surface area contributed by atoms with E-state index in [9.17, 15) is 8.42 Å². The summed E-state index contributed by atoms with van der Waals surface area (Å²) >= 11 is 0. The highest BCUT2D eigenvalue weighted by atomic mass is 32.2. The SMILES string of the molecule is Cn1cc(S(=O)(=O)NCc2nccn2C)cc1CO. The molecule has 0 saturated heterocycles. The van der Waals surface area contributed by atoms with Crippen LogP contribution in [0.3, 0.4) is 0 Å². The van der Waals surface area contributed by atoms with Gasteiger partial charge in [0.25, 0.3) is 0 Å². The first-order valence-corrected chi connectivity index (χ1v) is 7.14. The van der Waals surface area contributed by atoms with Crippen LogP contribution >= 0.6 is 0 Å². The predicted molar refractivity (Wildman–Crippen MR) is 68.6 cm³/mol. The van der Waals surface area contributed by atoms with E-state index in [4.69, 9.17) is 5.11 Å². The second-order valence-electron chi connectivity index (χ2n) is 4.22. The summed E-state index contributed by atoms with van der Waals surface area (Å²) in [5.74, 6) is 0.627. The molecule has 19 heavy (non-hydrogen) atoms. The average molecular weight is 284 g/mol. The third-order valence-corrected chi connectivity index (χ3v) is 4.26. The number of nitrogens with one attached hydrogen (secondary N) is 1. The molecular weight excluding hydrogens is 268 g/mol. The summed E-state index contributed by atoms with van der Waals surface area (Å²) in [6.07, 6.45) is 4.82. The molecule has 2 rings (SSSR count). The molecule has 2 aromatic rings. The Morgan fingerprint density at radius 2 is 2.11 bits per heavy atom. The summed E-state index contributed by atoms with van der Waals surface area (Å²) in [7, 11) is -0.122. The Morgan fingerprint density at radius 3 is 2.63 bits per heavy atom. The lowest BCUT2D eigenvalue weighted by Gasteiger charge is -2.04. The van der Waals surface area contributed by atoms with E-state index in [1.807, 2.05) is 0 Å². The molecule has 0 bridgehead atoms. The van der Waals surface area contributed by atoms with Crippen molar-refractivity contribution < 1.29 is 13.5 Å². The number of aliphatic hydroxyl groups is 1. The van der Waals surface area contributed by atoms with E-state index >= 15 is 0 Å². The number of imidazole rings is 1. The number of nitrogens with zero attached hydrogens (tertiary/aromatic N) is 3. The van der Waals surface area contributed by atoms with E-state index in [2.05, 4.69) is 9.71 Å². The second-order valence-corrected chi connectivity index (χ2v) is 5.98. The van der Waals surface area contributed by atoms with E-state index in [0.29, 0.717) is 11.5 Å². The highest BCUT2D eigenvalue weighted by Gasteiger charge is 2.17. The van der Waals surface area contributed by atoms with Gasteiger partial charge in [-0.15, -0.1) is 0 Å². The van der Waals surface area contributed by atoms with Crippen LogP contribution in [0.15, 0.2) is 29.6 Å². The number of hydrogen-bond donors (Lipinski definition) is 2. The number of sulfonamides is 1. The summed E-state index contributed by atoms with van der Waals surface area (Å²) in [6.45, 7) is -0.0828. The van der Waals surface area contributed by atoms with Crippen molar-refractivity contribution in [1.82, 2.24) is 18.8 Å². The van der Waals surface area contributed by atoms with E-state index in [0.717, 1.165) is 0 Å². The molecule has 2 N–H and O–H groups in total. The fraction of sp³-hybridized carbons (Fsp3) is 0.364. The molecule has 0 radical (unpaired) electrons. The predicted octanol–water partition coefficient (Wildman–Crippen LogP) is -0.271. The van der Waals surface area contributed by atoms with Crippen molar-refractivity contribution in [1.29, 1.82) is 0 Å². The van der Waals surface area contributed by atoms with Gasteiger partial charge < -0.3 is 14.2 Å². The Morgan fingerprint density at radius 1 is 1.37 bits per heavy atom. The van der Waals surface area contributed by atoms with Crippen LogP contribution in [0.25, 0.3) is 0 Å². The van der Waals surface area contributed by atoms with Gasteiger partial charge in [0.05, 0.1) is 18.0 Å². The first-order chi connectivity index (χ1) is 8.94. The van der Waals surface area contributed by atoms with E-state index in [1.54, 1.807) is 35.6 Å². The molecule has 0 atom stereocenters. The maximum absolute atomic E-state index is 12.1. The number of rotatable bonds is 5. The standard InChI is InChI=1S/C11H16N4O3S/c1-14-4-3-12-11(14)6-13-19(17,18)10-5-9(8-16)15(2)7-10/h3-5,7,13,16H,6,8H2,1-2H3. The number of aliphatic hydroxyl groups excluding tert-OH is 1. The molecule has 0 amide bonds. The zero-order valence-corrected chi connectivity index (χ0v) is 11.6. The summed E-state index contributed by atoms with van der Waals surface area (Å²) in [6, 6.07) is 1.45. The summed E-state index contributed by atoms with van der Waals surface area (Å²) < 4.78 is 30.0. The Kier molecular flexibility index (Phi) is 3.74. The van der Waals surface area contributed by atoms with Crippen LogP contribution in [0.2, 0.25) is 0 Å². The highest BCUT2D eigenvalue weighted by molar-refractivity contribution is 7.89. The second kappa shape index (κ2) is 5.16. The molecule has 104 valence electrons. The minimum atomic E-state index is -3.60. The summed E-state index contributed by atoms with van der Waals surface area (Å²) in [5.41, 5.74) is 0.539. The Hall–Kier alpha value is -1.64. The molecule has 0 aliphatic rings. The quantitative estimate of drug-likeness (QED) is 0.791. The van der Waals surface area contributed by atoms with Gasteiger partial charge in [-0.25, -0.2) is 18.1 Å². The molecule has 0 saturated carbocycles. The molecule has 0 aliphatic heterocycles. The maximum atomic E-state index is 12.1. The molecule has 7 nitrogen and oxygen atoms in total. The number of aryl methyl sites for hydroxylation is 2. The van der Waals surface area contributed by atoms with E-state index in [1.165, 1.54) is 12.3 Å². The minimum Gasteiger partial charge on any atom is -0.390 e. The third kappa shape index (κ3) is 2.86. The molecule has 0 aromatic carbocycles.